The molecule has 0 unspecified atom stereocenters. The summed E-state index contributed by atoms with van der Waals surface area (Å²) >= 11 is 6.64. The van der Waals surface area contributed by atoms with Crippen molar-refractivity contribution in [1.82, 2.24) is 9.80 Å². The fraction of sp³-hybridized carbons (Fsp3) is 0.857. The van der Waals surface area contributed by atoms with Crippen molar-refractivity contribution in [1.29, 1.82) is 0 Å². The van der Waals surface area contributed by atoms with Crippen LogP contribution in [0.4, 0.5) is 0 Å². The van der Waals surface area contributed by atoms with Crippen LogP contribution in [-0.2, 0) is 9.59 Å². The Morgan fingerprint density at radius 3 is 1.68 bits per heavy atom. The van der Waals surface area contributed by atoms with E-state index in [-0.39, 0.29) is 11.8 Å². The van der Waals surface area contributed by atoms with E-state index in [2.05, 4.69) is 0 Å². The fourth-order valence-electron chi connectivity index (χ4n) is 2.97. The zero-order valence-corrected chi connectivity index (χ0v) is 12.4. The minimum atomic E-state index is -0.997. The first kappa shape index (κ1) is 14.6. The van der Waals surface area contributed by atoms with Gasteiger partial charge in [0, 0.05) is 25.9 Å². The molecule has 2 aliphatic rings. The zero-order valence-electron chi connectivity index (χ0n) is 11.7. The van der Waals surface area contributed by atoms with E-state index >= 15 is 0 Å². The van der Waals surface area contributed by atoms with Crippen LogP contribution in [0.25, 0.3) is 0 Å². The van der Waals surface area contributed by atoms with Gasteiger partial charge in [0.1, 0.15) is 0 Å². The number of hydrogen-bond acceptors (Lipinski definition) is 2. The van der Waals surface area contributed by atoms with Crippen molar-refractivity contribution in [3.8, 4) is 0 Å². The van der Waals surface area contributed by atoms with E-state index in [0.29, 0.717) is 25.9 Å². The molecule has 19 heavy (non-hydrogen) atoms. The first-order valence-electron chi connectivity index (χ1n) is 7.33. The largest absolute Gasteiger partial charge is 0.307 e. The van der Waals surface area contributed by atoms with E-state index in [1.807, 2.05) is 0 Å². The number of carbonyl (C=O) groups excluding carboxylic acids is 2. The van der Waals surface area contributed by atoms with Gasteiger partial charge < -0.3 is 9.80 Å². The van der Waals surface area contributed by atoms with Gasteiger partial charge in [-0.05, 0) is 32.6 Å². The zero-order chi connectivity index (χ0) is 13.9. The van der Waals surface area contributed by atoms with Crippen LogP contribution in [0.5, 0.6) is 0 Å². The lowest BCUT2D eigenvalue weighted by atomic mass is 10.2. The molecule has 0 spiro atoms. The van der Waals surface area contributed by atoms with E-state index in [0.717, 1.165) is 38.5 Å². The highest BCUT2D eigenvalue weighted by Gasteiger charge is 2.41. The summed E-state index contributed by atoms with van der Waals surface area (Å²) in [5.74, 6) is 0.152. The lowest BCUT2D eigenvalue weighted by Gasteiger charge is -2.43. The average Bonchev–Trinajstić information content (AvgIpc) is 2.69. The van der Waals surface area contributed by atoms with Crippen molar-refractivity contribution in [3.05, 3.63) is 0 Å². The molecule has 0 N–H and O–H groups in total. The van der Waals surface area contributed by atoms with Crippen LogP contribution in [0.15, 0.2) is 0 Å². The molecule has 2 heterocycles. The number of nitrogens with zero attached hydrogens (tertiary/aromatic N) is 2. The Hall–Kier alpha value is -0.770. The highest BCUT2D eigenvalue weighted by Crippen LogP contribution is 2.31. The molecule has 2 amide bonds. The third-order valence-electron chi connectivity index (χ3n) is 4.13. The van der Waals surface area contributed by atoms with Crippen LogP contribution in [0, 0.1) is 0 Å². The molecular weight excluding hydrogens is 264 g/mol. The number of likely N-dealkylation sites (tertiary alicyclic amines) is 2. The number of amides is 2. The Labute approximate surface area is 120 Å². The van der Waals surface area contributed by atoms with Gasteiger partial charge in [-0.15, -0.1) is 0 Å². The van der Waals surface area contributed by atoms with Gasteiger partial charge >= 0.3 is 0 Å². The summed E-state index contributed by atoms with van der Waals surface area (Å²) in [6.07, 6.45) is 7.00. The molecule has 0 saturated carbocycles. The number of rotatable bonds is 2. The van der Waals surface area contributed by atoms with Crippen LogP contribution in [0.3, 0.4) is 0 Å². The maximum absolute atomic E-state index is 12.2. The molecular formula is C14H23ClN2O2. The summed E-state index contributed by atoms with van der Waals surface area (Å²) in [5, 5.41) is -0.997. The average molecular weight is 287 g/mol. The Kier molecular flexibility index (Phi) is 4.71. The first-order valence-corrected chi connectivity index (χ1v) is 7.71. The van der Waals surface area contributed by atoms with Gasteiger partial charge in [0.15, 0.2) is 5.12 Å². The van der Waals surface area contributed by atoms with Crippen LogP contribution >= 0.6 is 11.6 Å². The molecule has 0 aromatic carbocycles. The third-order valence-corrected chi connectivity index (χ3v) is 4.54. The van der Waals surface area contributed by atoms with Crippen molar-refractivity contribution in [2.75, 3.05) is 13.1 Å². The van der Waals surface area contributed by atoms with Crippen LogP contribution in [0.1, 0.15) is 58.3 Å². The van der Waals surface area contributed by atoms with E-state index in [1.165, 1.54) is 0 Å². The highest BCUT2D eigenvalue weighted by atomic mass is 35.5. The van der Waals surface area contributed by atoms with Gasteiger partial charge in [-0.3, -0.25) is 9.59 Å². The van der Waals surface area contributed by atoms with Crippen LogP contribution in [0.2, 0.25) is 0 Å². The maximum atomic E-state index is 12.2. The molecule has 4 nitrogen and oxygen atoms in total. The fourth-order valence-corrected chi connectivity index (χ4v) is 3.33. The molecule has 0 atom stereocenters. The Bertz CT molecular complexity index is 325. The molecule has 2 fully saturated rings. The van der Waals surface area contributed by atoms with Gasteiger partial charge in [0.05, 0.1) is 0 Å². The SMILES string of the molecule is CC(Cl)(N1CCCCCC1=O)N1CCCCCC1=O. The summed E-state index contributed by atoms with van der Waals surface area (Å²) in [6, 6.07) is 0. The van der Waals surface area contributed by atoms with Crippen LogP contribution < -0.4 is 0 Å². The number of halogens is 1. The normalized spacial score (nSPS) is 23.3. The van der Waals surface area contributed by atoms with E-state index in [4.69, 9.17) is 11.6 Å². The smallest absolute Gasteiger partial charge is 0.225 e. The minimum Gasteiger partial charge on any atom is -0.307 e. The highest BCUT2D eigenvalue weighted by molar-refractivity contribution is 6.25. The van der Waals surface area contributed by atoms with Gasteiger partial charge in [-0.1, -0.05) is 24.4 Å². The summed E-state index contributed by atoms with van der Waals surface area (Å²) in [5.41, 5.74) is 0. The van der Waals surface area contributed by atoms with Gasteiger partial charge in [-0.2, -0.15) is 0 Å². The molecule has 2 rings (SSSR count). The Morgan fingerprint density at radius 2 is 1.26 bits per heavy atom. The minimum absolute atomic E-state index is 0.0760. The predicted octanol–water partition coefficient (Wildman–Crippen LogP) is 2.70. The summed E-state index contributed by atoms with van der Waals surface area (Å²) in [6.45, 7) is 3.10. The number of hydrogen-bond donors (Lipinski definition) is 0. The number of alkyl halides is 1. The Balaban J connectivity index is 2.18. The Morgan fingerprint density at radius 1 is 0.842 bits per heavy atom. The third kappa shape index (κ3) is 3.22. The quantitative estimate of drug-likeness (QED) is 0.578. The molecule has 0 aliphatic carbocycles. The second kappa shape index (κ2) is 6.12. The molecule has 0 radical (unpaired) electrons. The maximum Gasteiger partial charge on any atom is 0.225 e. The first-order chi connectivity index (χ1) is 9.03. The van der Waals surface area contributed by atoms with Crippen molar-refractivity contribution in [2.24, 2.45) is 0 Å². The summed E-state index contributed by atoms with van der Waals surface area (Å²) in [7, 11) is 0. The van der Waals surface area contributed by atoms with Gasteiger partial charge in [0.25, 0.3) is 0 Å². The van der Waals surface area contributed by atoms with Crippen molar-refractivity contribution >= 4 is 23.4 Å². The summed E-state index contributed by atoms with van der Waals surface area (Å²) in [4.78, 5) is 27.8. The lowest BCUT2D eigenvalue weighted by Crippen LogP contribution is -2.58. The van der Waals surface area contributed by atoms with Crippen molar-refractivity contribution < 1.29 is 9.59 Å². The lowest BCUT2D eigenvalue weighted by molar-refractivity contribution is -0.148. The van der Waals surface area contributed by atoms with E-state index < -0.39 is 5.12 Å². The van der Waals surface area contributed by atoms with E-state index in [9.17, 15) is 9.59 Å². The molecule has 0 aromatic rings. The van der Waals surface area contributed by atoms with Gasteiger partial charge in [0.2, 0.25) is 11.8 Å². The molecule has 0 aromatic heterocycles. The second-order valence-electron chi connectivity index (χ2n) is 5.62. The molecule has 2 aliphatic heterocycles. The molecule has 0 bridgehead atoms. The molecule has 108 valence electrons. The molecule has 5 heteroatoms. The second-order valence-corrected chi connectivity index (χ2v) is 6.33. The topological polar surface area (TPSA) is 40.6 Å². The monoisotopic (exact) mass is 286 g/mol. The number of carbonyl (C=O) groups is 2. The standard InChI is InChI=1S/C14H23ClN2O2/c1-14(15,16-10-6-2-4-8-12(16)18)17-11-7-3-5-9-13(17)19/h2-11H2,1H3. The molecule has 2 saturated heterocycles. The van der Waals surface area contributed by atoms with Crippen molar-refractivity contribution in [2.45, 2.75) is 63.4 Å². The predicted molar refractivity (Wildman–Crippen MR) is 74.6 cm³/mol. The summed E-state index contributed by atoms with van der Waals surface area (Å²) < 4.78 is 0. The van der Waals surface area contributed by atoms with Crippen molar-refractivity contribution in [3.63, 3.8) is 0 Å². The van der Waals surface area contributed by atoms with Crippen LogP contribution in [-0.4, -0.2) is 39.8 Å². The van der Waals surface area contributed by atoms with E-state index in [1.54, 1.807) is 16.7 Å². The van der Waals surface area contributed by atoms with Gasteiger partial charge in [-0.25, -0.2) is 0 Å².